The Hall–Kier alpha value is -1.83. The summed E-state index contributed by atoms with van der Waals surface area (Å²) < 4.78 is 4.89. The van der Waals surface area contributed by atoms with E-state index in [1.807, 2.05) is 42.5 Å². The highest BCUT2D eigenvalue weighted by Gasteiger charge is 1.91. The molecule has 0 aliphatic heterocycles. The maximum atomic E-state index is 10.9. The van der Waals surface area contributed by atoms with Gasteiger partial charge in [0.25, 0.3) is 0 Å². The molecule has 1 aromatic carbocycles. The molecule has 0 fully saturated rings. The first-order chi connectivity index (χ1) is 7.33. The second-order valence-corrected chi connectivity index (χ2v) is 2.94. The van der Waals surface area contributed by atoms with Crippen LogP contribution in [0.2, 0.25) is 0 Å². The first kappa shape index (κ1) is 11.2. The van der Waals surface area contributed by atoms with Gasteiger partial charge in [-0.15, -0.1) is 0 Å². The quantitative estimate of drug-likeness (QED) is 0.554. The average molecular weight is 202 g/mol. The summed E-state index contributed by atoms with van der Waals surface area (Å²) in [6, 6.07) is 9.87. The number of carbonyl (C=O) groups is 1. The smallest absolute Gasteiger partial charge is 0.330 e. The predicted octanol–water partition coefficient (Wildman–Crippen LogP) is 2.82. The molecule has 0 radical (unpaired) electrons. The van der Waals surface area contributed by atoms with E-state index in [9.17, 15) is 4.79 Å². The molecule has 1 aromatic rings. The van der Waals surface area contributed by atoms with Crippen LogP contribution in [0.25, 0.3) is 6.08 Å². The Morgan fingerprint density at radius 1 is 1.33 bits per heavy atom. The largest absolute Gasteiger partial charge is 0.458 e. The summed E-state index contributed by atoms with van der Waals surface area (Å²) >= 11 is 0. The fraction of sp³-hybridized carbons (Fsp3) is 0.154. The molecule has 0 spiro atoms. The number of rotatable bonds is 4. The monoisotopic (exact) mass is 202 g/mol. The third kappa shape index (κ3) is 4.81. The minimum absolute atomic E-state index is 0.304. The molecule has 0 bridgehead atoms. The fourth-order valence-corrected chi connectivity index (χ4v) is 1.06. The van der Waals surface area contributed by atoms with Crippen molar-refractivity contribution < 1.29 is 9.53 Å². The van der Waals surface area contributed by atoms with Crippen molar-refractivity contribution in [2.24, 2.45) is 0 Å². The van der Waals surface area contributed by atoms with E-state index in [0.717, 1.165) is 5.56 Å². The topological polar surface area (TPSA) is 26.3 Å². The minimum atomic E-state index is -0.310. The van der Waals surface area contributed by atoms with Gasteiger partial charge in [0.15, 0.2) is 0 Å². The lowest BCUT2D eigenvalue weighted by Gasteiger charge is -1.95. The number of allylic oxidation sites excluding steroid dienone is 1. The zero-order valence-corrected chi connectivity index (χ0v) is 8.72. The summed E-state index contributed by atoms with van der Waals surface area (Å²) in [4.78, 5) is 10.9. The minimum Gasteiger partial charge on any atom is -0.458 e. The zero-order valence-electron chi connectivity index (χ0n) is 8.72. The standard InChI is InChI=1S/C13H14O2/c1-2-7-13(14)15-11-6-10-12-8-4-3-5-9-12/h2-10H,11H2,1H3. The van der Waals surface area contributed by atoms with E-state index in [1.54, 1.807) is 13.0 Å². The Kier molecular flexibility index (Phi) is 4.95. The molecule has 0 saturated carbocycles. The summed E-state index contributed by atoms with van der Waals surface area (Å²) in [5.41, 5.74) is 1.10. The summed E-state index contributed by atoms with van der Waals surface area (Å²) in [5, 5.41) is 0. The second kappa shape index (κ2) is 6.60. The van der Waals surface area contributed by atoms with Crippen molar-refractivity contribution in [1.29, 1.82) is 0 Å². The van der Waals surface area contributed by atoms with Gasteiger partial charge in [0.1, 0.15) is 6.61 Å². The van der Waals surface area contributed by atoms with Gasteiger partial charge in [-0.1, -0.05) is 42.5 Å². The first-order valence-electron chi connectivity index (χ1n) is 4.84. The number of ether oxygens (including phenoxy) is 1. The fourth-order valence-electron chi connectivity index (χ4n) is 1.06. The number of esters is 1. The first-order valence-corrected chi connectivity index (χ1v) is 4.84. The van der Waals surface area contributed by atoms with Gasteiger partial charge in [-0.25, -0.2) is 4.79 Å². The molecule has 0 aliphatic carbocycles. The van der Waals surface area contributed by atoms with Crippen LogP contribution in [0.1, 0.15) is 12.5 Å². The molecule has 0 aliphatic rings. The van der Waals surface area contributed by atoms with E-state index in [2.05, 4.69) is 0 Å². The molecule has 1 rings (SSSR count). The number of hydrogen-bond acceptors (Lipinski definition) is 2. The van der Waals surface area contributed by atoms with Gasteiger partial charge in [0, 0.05) is 6.08 Å². The van der Waals surface area contributed by atoms with E-state index in [1.165, 1.54) is 6.08 Å². The Labute approximate surface area is 89.9 Å². The van der Waals surface area contributed by atoms with E-state index in [4.69, 9.17) is 4.74 Å². The molecule has 0 unspecified atom stereocenters. The highest BCUT2D eigenvalue weighted by atomic mass is 16.5. The van der Waals surface area contributed by atoms with E-state index in [-0.39, 0.29) is 5.97 Å². The van der Waals surface area contributed by atoms with E-state index >= 15 is 0 Å². The maximum absolute atomic E-state index is 10.9. The summed E-state index contributed by atoms with van der Waals surface area (Å²) in [5.74, 6) is -0.310. The molecule has 15 heavy (non-hydrogen) atoms. The van der Waals surface area contributed by atoms with Crippen molar-refractivity contribution in [2.75, 3.05) is 6.61 Å². The Morgan fingerprint density at radius 2 is 2.07 bits per heavy atom. The Balaban J connectivity index is 2.32. The summed E-state index contributed by atoms with van der Waals surface area (Å²) in [6.07, 6.45) is 6.79. The van der Waals surface area contributed by atoms with Crippen LogP contribution in [-0.2, 0) is 9.53 Å². The number of carbonyl (C=O) groups excluding carboxylic acids is 1. The van der Waals surface area contributed by atoms with Crippen molar-refractivity contribution >= 4 is 12.0 Å². The van der Waals surface area contributed by atoms with Crippen molar-refractivity contribution in [1.82, 2.24) is 0 Å². The molecule has 0 heterocycles. The zero-order chi connectivity index (χ0) is 10.9. The SMILES string of the molecule is CC=CC(=O)OCC=Cc1ccccc1. The van der Waals surface area contributed by atoms with Crippen molar-refractivity contribution in [3.8, 4) is 0 Å². The lowest BCUT2D eigenvalue weighted by atomic mass is 10.2. The molecule has 0 aromatic heterocycles. The molecular weight excluding hydrogens is 188 g/mol. The number of benzene rings is 1. The normalized spacial score (nSPS) is 11.0. The lowest BCUT2D eigenvalue weighted by molar-refractivity contribution is -0.136. The van der Waals surface area contributed by atoms with Gasteiger partial charge >= 0.3 is 5.97 Å². The highest BCUT2D eigenvalue weighted by Crippen LogP contribution is 2.00. The lowest BCUT2D eigenvalue weighted by Crippen LogP contribution is -1.99. The van der Waals surface area contributed by atoms with Crippen LogP contribution in [0.3, 0.4) is 0 Å². The van der Waals surface area contributed by atoms with Crippen molar-refractivity contribution in [2.45, 2.75) is 6.92 Å². The molecule has 0 N–H and O–H groups in total. The van der Waals surface area contributed by atoms with Gasteiger partial charge in [0.05, 0.1) is 0 Å². The van der Waals surface area contributed by atoms with Crippen molar-refractivity contribution in [3.05, 3.63) is 54.1 Å². The van der Waals surface area contributed by atoms with Gasteiger partial charge in [0.2, 0.25) is 0 Å². The van der Waals surface area contributed by atoms with Crippen LogP contribution in [0.5, 0.6) is 0 Å². The molecule has 2 heteroatoms. The van der Waals surface area contributed by atoms with Crippen LogP contribution in [0.15, 0.2) is 48.6 Å². The molecule has 0 amide bonds. The molecule has 2 nitrogen and oxygen atoms in total. The van der Waals surface area contributed by atoms with Crippen molar-refractivity contribution in [3.63, 3.8) is 0 Å². The van der Waals surface area contributed by atoms with Crippen LogP contribution >= 0.6 is 0 Å². The molecule has 78 valence electrons. The van der Waals surface area contributed by atoms with Crippen LogP contribution in [0, 0.1) is 0 Å². The van der Waals surface area contributed by atoms with Gasteiger partial charge in [-0.3, -0.25) is 0 Å². The average Bonchev–Trinajstić information content (AvgIpc) is 2.26. The summed E-state index contributed by atoms with van der Waals surface area (Å²) in [6.45, 7) is 2.08. The van der Waals surface area contributed by atoms with Gasteiger partial charge in [-0.05, 0) is 18.6 Å². The second-order valence-electron chi connectivity index (χ2n) is 2.94. The Morgan fingerprint density at radius 3 is 2.73 bits per heavy atom. The third-order valence-corrected chi connectivity index (χ3v) is 1.73. The van der Waals surface area contributed by atoms with E-state index < -0.39 is 0 Å². The summed E-state index contributed by atoms with van der Waals surface area (Å²) in [7, 11) is 0. The van der Waals surface area contributed by atoms with E-state index in [0.29, 0.717) is 6.61 Å². The predicted molar refractivity (Wildman–Crippen MR) is 61.2 cm³/mol. The maximum Gasteiger partial charge on any atom is 0.330 e. The van der Waals surface area contributed by atoms with Gasteiger partial charge < -0.3 is 4.74 Å². The van der Waals surface area contributed by atoms with Crippen LogP contribution in [0.4, 0.5) is 0 Å². The third-order valence-electron chi connectivity index (χ3n) is 1.73. The van der Waals surface area contributed by atoms with Crippen LogP contribution in [-0.4, -0.2) is 12.6 Å². The highest BCUT2D eigenvalue weighted by molar-refractivity contribution is 5.81. The number of hydrogen-bond donors (Lipinski definition) is 0. The molecule has 0 atom stereocenters. The Bertz CT molecular complexity index is 350. The van der Waals surface area contributed by atoms with Crippen LogP contribution < -0.4 is 0 Å². The van der Waals surface area contributed by atoms with Gasteiger partial charge in [-0.2, -0.15) is 0 Å². The molecule has 0 saturated heterocycles. The molecular formula is C13H14O2.